The Morgan fingerprint density at radius 2 is 2.17 bits per heavy atom. The summed E-state index contributed by atoms with van der Waals surface area (Å²) in [7, 11) is 1.52. The van der Waals surface area contributed by atoms with E-state index < -0.39 is 0 Å². The van der Waals surface area contributed by atoms with Crippen molar-refractivity contribution in [3.8, 4) is 0 Å². The van der Waals surface area contributed by atoms with Crippen LogP contribution < -0.4 is 5.32 Å². The molecule has 24 heavy (non-hydrogen) atoms. The number of aryl methyl sites for hydroxylation is 1. The number of nitrogens with zero attached hydrogens (tertiary/aromatic N) is 1. The fraction of sp³-hybridized carbons (Fsp3) is 0.667. The van der Waals surface area contributed by atoms with Crippen molar-refractivity contribution in [3.05, 3.63) is 21.4 Å². The first-order valence-electron chi connectivity index (χ1n) is 8.81. The van der Waals surface area contributed by atoms with Crippen LogP contribution in [0.1, 0.15) is 41.7 Å². The Kier molecular flexibility index (Phi) is 5.89. The summed E-state index contributed by atoms with van der Waals surface area (Å²) in [6, 6.07) is 0. The molecule has 0 spiro atoms. The Bertz CT molecular complexity index is 599. The number of ether oxygens (including phenoxy) is 1. The summed E-state index contributed by atoms with van der Waals surface area (Å²) in [5.74, 6) is -0.0587. The molecular weight excluding hydrogens is 324 g/mol. The maximum atomic E-state index is 12.5. The van der Waals surface area contributed by atoms with E-state index in [0.29, 0.717) is 13.1 Å². The number of fused-ring (bicyclic) bond motifs is 1. The molecular formula is C18H26N2O3S. The predicted molar refractivity (Wildman–Crippen MR) is 94.0 cm³/mol. The molecule has 6 heteroatoms. The van der Waals surface area contributed by atoms with Crippen molar-refractivity contribution in [1.29, 1.82) is 0 Å². The molecule has 1 atom stereocenters. The first-order valence-corrected chi connectivity index (χ1v) is 9.69. The summed E-state index contributed by atoms with van der Waals surface area (Å²) in [4.78, 5) is 27.7. The Morgan fingerprint density at radius 1 is 1.33 bits per heavy atom. The highest BCUT2D eigenvalue weighted by Crippen LogP contribution is 2.30. The Hall–Kier alpha value is -1.40. The van der Waals surface area contributed by atoms with Gasteiger partial charge in [-0.2, -0.15) is 0 Å². The van der Waals surface area contributed by atoms with Crippen LogP contribution in [0.5, 0.6) is 0 Å². The van der Waals surface area contributed by atoms with Gasteiger partial charge in [-0.3, -0.25) is 9.59 Å². The first-order chi connectivity index (χ1) is 11.7. The molecule has 1 aliphatic heterocycles. The van der Waals surface area contributed by atoms with Crippen LogP contribution >= 0.6 is 11.3 Å². The van der Waals surface area contributed by atoms with Crippen molar-refractivity contribution in [2.24, 2.45) is 5.92 Å². The molecule has 132 valence electrons. The lowest BCUT2D eigenvalue weighted by molar-refractivity contribution is -0.139. The van der Waals surface area contributed by atoms with Gasteiger partial charge in [0.2, 0.25) is 11.8 Å². The van der Waals surface area contributed by atoms with Crippen LogP contribution in [0.4, 0.5) is 0 Å². The standard InChI is InChI=1S/C18H26N2O3S/c1-23-11-17(21)20-8-4-5-13(10-20)18(22)19-9-14-12-24-16-7-3-2-6-15(14)16/h12-13H,2-11H2,1H3,(H,19,22)/t13-/m0/s1. The van der Waals surface area contributed by atoms with E-state index in [1.54, 1.807) is 4.90 Å². The number of carbonyl (C=O) groups is 2. The van der Waals surface area contributed by atoms with Crippen molar-refractivity contribution < 1.29 is 14.3 Å². The Labute approximate surface area is 147 Å². The van der Waals surface area contributed by atoms with Gasteiger partial charge in [0.15, 0.2) is 0 Å². The fourth-order valence-electron chi connectivity index (χ4n) is 3.67. The van der Waals surface area contributed by atoms with Crippen LogP contribution in [-0.4, -0.2) is 43.5 Å². The van der Waals surface area contributed by atoms with E-state index >= 15 is 0 Å². The molecule has 0 unspecified atom stereocenters. The number of amides is 2. The van der Waals surface area contributed by atoms with Gasteiger partial charge >= 0.3 is 0 Å². The van der Waals surface area contributed by atoms with E-state index in [-0.39, 0.29) is 24.3 Å². The second-order valence-electron chi connectivity index (χ2n) is 6.70. The van der Waals surface area contributed by atoms with Crippen LogP contribution in [0, 0.1) is 5.92 Å². The topological polar surface area (TPSA) is 58.6 Å². The zero-order valence-corrected chi connectivity index (χ0v) is 15.1. The van der Waals surface area contributed by atoms with Gasteiger partial charge in [0.05, 0.1) is 5.92 Å². The molecule has 1 aromatic rings. The smallest absolute Gasteiger partial charge is 0.248 e. The third-order valence-corrected chi connectivity index (χ3v) is 6.15. The van der Waals surface area contributed by atoms with Gasteiger partial charge in [0.25, 0.3) is 0 Å². The minimum absolute atomic E-state index is 0.0260. The van der Waals surface area contributed by atoms with Crippen LogP contribution in [0.25, 0.3) is 0 Å². The molecule has 1 fully saturated rings. The van der Waals surface area contributed by atoms with E-state index in [1.807, 2.05) is 11.3 Å². The molecule has 2 heterocycles. The van der Waals surface area contributed by atoms with E-state index in [0.717, 1.165) is 25.8 Å². The molecule has 1 aliphatic carbocycles. The quantitative estimate of drug-likeness (QED) is 0.885. The third-order valence-electron chi connectivity index (χ3n) is 5.01. The Balaban J connectivity index is 1.53. The number of piperidine rings is 1. The number of nitrogens with one attached hydrogen (secondary N) is 1. The molecule has 1 saturated heterocycles. The van der Waals surface area contributed by atoms with Gasteiger partial charge < -0.3 is 15.0 Å². The van der Waals surface area contributed by atoms with E-state index in [1.165, 1.54) is 42.4 Å². The average Bonchev–Trinajstić information content (AvgIpc) is 3.03. The summed E-state index contributed by atoms with van der Waals surface area (Å²) >= 11 is 1.83. The molecule has 0 saturated carbocycles. The van der Waals surface area contributed by atoms with Gasteiger partial charge in [-0.1, -0.05) is 0 Å². The maximum Gasteiger partial charge on any atom is 0.248 e. The number of hydrogen-bond acceptors (Lipinski definition) is 4. The number of carbonyl (C=O) groups excluding carboxylic acids is 2. The first kappa shape index (κ1) is 17.4. The zero-order chi connectivity index (χ0) is 16.9. The lowest BCUT2D eigenvalue weighted by Gasteiger charge is -2.32. The molecule has 1 N–H and O–H groups in total. The van der Waals surface area contributed by atoms with E-state index in [4.69, 9.17) is 4.74 Å². The maximum absolute atomic E-state index is 12.5. The fourth-order valence-corrected chi connectivity index (χ4v) is 4.82. The minimum atomic E-state index is -0.103. The molecule has 1 aromatic heterocycles. The summed E-state index contributed by atoms with van der Waals surface area (Å²) in [6.45, 7) is 1.95. The lowest BCUT2D eigenvalue weighted by Crippen LogP contribution is -2.46. The molecule has 2 aliphatic rings. The van der Waals surface area contributed by atoms with Gasteiger partial charge in [-0.15, -0.1) is 11.3 Å². The monoisotopic (exact) mass is 350 g/mol. The Morgan fingerprint density at radius 3 is 3.00 bits per heavy atom. The van der Waals surface area contributed by atoms with Gasteiger partial charge in [-0.05, 0) is 55.0 Å². The molecule has 2 amide bonds. The van der Waals surface area contributed by atoms with Crippen molar-refractivity contribution in [2.75, 3.05) is 26.8 Å². The normalized spacial score (nSPS) is 20.5. The SMILES string of the molecule is COCC(=O)N1CCC[C@H](C(=O)NCc2csc3c2CCCC3)C1. The summed E-state index contributed by atoms with van der Waals surface area (Å²) in [6.07, 6.45) is 6.60. The van der Waals surface area contributed by atoms with Crippen molar-refractivity contribution in [3.63, 3.8) is 0 Å². The molecule has 0 aromatic carbocycles. The highest BCUT2D eigenvalue weighted by atomic mass is 32.1. The number of rotatable bonds is 5. The van der Waals surface area contributed by atoms with E-state index in [2.05, 4.69) is 10.7 Å². The summed E-state index contributed by atoms with van der Waals surface area (Å²) in [5.41, 5.74) is 2.75. The van der Waals surface area contributed by atoms with Crippen molar-refractivity contribution >= 4 is 23.2 Å². The van der Waals surface area contributed by atoms with Crippen molar-refractivity contribution in [2.45, 2.75) is 45.1 Å². The van der Waals surface area contributed by atoms with Gasteiger partial charge in [-0.25, -0.2) is 0 Å². The number of hydrogen-bond donors (Lipinski definition) is 1. The summed E-state index contributed by atoms with van der Waals surface area (Å²) < 4.78 is 4.91. The lowest BCUT2D eigenvalue weighted by atomic mass is 9.95. The van der Waals surface area contributed by atoms with Crippen molar-refractivity contribution in [1.82, 2.24) is 10.2 Å². The summed E-state index contributed by atoms with van der Waals surface area (Å²) in [5, 5.41) is 5.29. The van der Waals surface area contributed by atoms with Gasteiger partial charge in [0, 0.05) is 31.6 Å². The molecule has 0 radical (unpaired) electrons. The van der Waals surface area contributed by atoms with Crippen LogP contribution in [0.15, 0.2) is 5.38 Å². The second kappa shape index (κ2) is 8.12. The van der Waals surface area contributed by atoms with Gasteiger partial charge in [0.1, 0.15) is 6.61 Å². The second-order valence-corrected chi connectivity index (χ2v) is 7.66. The number of methoxy groups -OCH3 is 1. The average molecular weight is 350 g/mol. The highest BCUT2D eigenvalue weighted by Gasteiger charge is 2.28. The molecule has 3 rings (SSSR count). The minimum Gasteiger partial charge on any atom is -0.375 e. The molecule has 0 bridgehead atoms. The molecule has 5 nitrogen and oxygen atoms in total. The van der Waals surface area contributed by atoms with Crippen LogP contribution in [0.2, 0.25) is 0 Å². The number of thiophene rings is 1. The highest BCUT2D eigenvalue weighted by molar-refractivity contribution is 7.10. The third kappa shape index (κ3) is 3.98. The number of likely N-dealkylation sites (tertiary alicyclic amines) is 1. The zero-order valence-electron chi connectivity index (χ0n) is 14.3. The van der Waals surface area contributed by atoms with Crippen LogP contribution in [-0.2, 0) is 33.7 Å². The largest absolute Gasteiger partial charge is 0.375 e. The van der Waals surface area contributed by atoms with E-state index in [9.17, 15) is 9.59 Å². The van der Waals surface area contributed by atoms with Crippen LogP contribution in [0.3, 0.4) is 0 Å². The predicted octanol–water partition coefficient (Wildman–Crippen LogP) is 2.13.